The van der Waals surface area contributed by atoms with Crippen molar-refractivity contribution in [2.24, 2.45) is 16.8 Å². The first kappa shape index (κ1) is 27.2. The van der Waals surface area contributed by atoms with Crippen molar-refractivity contribution in [1.82, 2.24) is 30.5 Å². The second kappa shape index (κ2) is 12.6. The Morgan fingerprint density at radius 3 is 2.54 bits per heavy atom. The van der Waals surface area contributed by atoms with Crippen molar-refractivity contribution in [3.8, 4) is 11.1 Å². The van der Waals surface area contributed by atoms with Gasteiger partial charge in [0, 0.05) is 42.5 Å². The molecule has 0 bridgehead atoms. The Kier molecular flexibility index (Phi) is 8.79. The van der Waals surface area contributed by atoms with Gasteiger partial charge in [0.1, 0.15) is 5.82 Å². The molecule has 202 valence electrons. The highest BCUT2D eigenvalue weighted by atomic mass is 16.2. The zero-order valence-electron chi connectivity index (χ0n) is 21.7. The van der Waals surface area contributed by atoms with Crippen LogP contribution in [0.5, 0.6) is 0 Å². The molecule has 0 aromatic carbocycles. The number of amidine groups is 1. The monoisotopic (exact) mass is 528 g/mol. The van der Waals surface area contributed by atoms with Gasteiger partial charge >= 0.3 is 0 Å². The summed E-state index contributed by atoms with van der Waals surface area (Å²) in [6.45, 7) is 2.25. The van der Waals surface area contributed by atoms with Gasteiger partial charge in [-0.2, -0.15) is 10.2 Å². The van der Waals surface area contributed by atoms with E-state index in [0.717, 1.165) is 23.3 Å². The van der Waals surface area contributed by atoms with E-state index in [9.17, 15) is 9.59 Å². The first-order valence-corrected chi connectivity index (χ1v) is 12.5. The van der Waals surface area contributed by atoms with Gasteiger partial charge < -0.3 is 21.9 Å². The minimum Gasteiger partial charge on any atom is -0.383 e. The van der Waals surface area contributed by atoms with Crippen LogP contribution in [0.2, 0.25) is 0 Å². The molecular formula is C27H32N10O2. The van der Waals surface area contributed by atoms with Crippen LogP contribution in [0.25, 0.3) is 16.7 Å². The number of amides is 1. The van der Waals surface area contributed by atoms with Crippen molar-refractivity contribution >= 4 is 28.9 Å². The molecule has 1 amide bonds. The quantitative estimate of drug-likeness (QED) is 0.130. The Hall–Kier alpha value is -4.84. The number of aromatic amines is 1. The summed E-state index contributed by atoms with van der Waals surface area (Å²) in [5.74, 6) is 9.82. The minimum atomic E-state index is -0.392. The first-order valence-electron chi connectivity index (χ1n) is 12.5. The number of hydrogen-bond acceptors (Lipinski definition) is 9. The highest BCUT2D eigenvalue weighted by Crippen LogP contribution is 2.31. The molecule has 4 rings (SSSR count). The van der Waals surface area contributed by atoms with Crippen LogP contribution in [0.3, 0.4) is 0 Å². The summed E-state index contributed by atoms with van der Waals surface area (Å²) in [4.78, 5) is 36.2. The Labute approximate surface area is 226 Å². The standard InChI is InChI=1S/C27H32N10O2/c1-17(38)23-24(19-10-12-37(13-11-19)27(39)26(34-29)35-30)32-15-21(16-33-36-25(23)28)20-8-9-22(31-14-20)18-6-4-2-3-5-7-18/h2-4,6-9,14-16,19,36H,5,10-13,28-30H2,1H3,(H,34,35). The van der Waals surface area contributed by atoms with Gasteiger partial charge in [0.15, 0.2) is 5.78 Å². The molecule has 12 nitrogen and oxygen atoms in total. The number of anilines is 1. The van der Waals surface area contributed by atoms with E-state index < -0.39 is 5.91 Å². The van der Waals surface area contributed by atoms with Crippen LogP contribution in [0.1, 0.15) is 53.8 Å². The SMILES string of the molecule is CC(=O)c1c(C2CCN(C(=O)/C(=N/N)NN)CC2)ncc(-c2ccc(C3=CCC=CC=C3)nc2)cn[nH]c1N. The average Bonchev–Trinajstić information content (AvgIpc) is 3.20. The molecule has 39 heavy (non-hydrogen) atoms. The number of nitrogens with two attached hydrogens (primary N) is 3. The third-order valence-electron chi connectivity index (χ3n) is 6.64. The molecular weight excluding hydrogens is 496 g/mol. The van der Waals surface area contributed by atoms with E-state index in [-0.39, 0.29) is 28.9 Å². The lowest BCUT2D eigenvalue weighted by Gasteiger charge is -2.32. The van der Waals surface area contributed by atoms with Crippen molar-refractivity contribution in [1.29, 1.82) is 0 Å². The Morgan fingerprint density at radius 2 is 1.87 bits per heavy atom. The molecule has 2 aliphatic rings. The van der Waals surface area contributed by atoms with E-state index in [4.69, 9.17) is 22.4 Å². The van der Waals surface area contributed by atoms with Crippen LogP contribution < -0.4 is 22.8 Å². The minimum absolute atomic E-state index is 0.115. The summed E-state index contributed by atoms with van der Waals surface area (Å²) >= 11 is 0. The van der Waals surface area contributed by atoms with Gasteiger partial charge in [-0.3, -0.25) is 24.7 Å². The number of piperidine rings is 1. The van der Waals surface area contributed by atoms with Crippen LogP contribution in [-0.2, 0) is 4.79 Å². The molecule has 0 radical (unpaired) electrons. The molecule has 1 fully saturated rings. The summed E-state index contributed by atoms with van der Waals surface area (Å²) in [5, 5.41) is 10.4. The molecule has 0 saturated carbocycles. The lowest BCUT2D eigenvalue weighted by molar-refractivity contribution is -0.125. The number of nitrogens with one attached hydrogen (secondary N) is 2. The topological polar surface area (TPSA) is 194 Å². The van der Waals surface area contributed by atoms with E-state index in [1.165, 1.54) is 6.92 Å². The number of nitrogens with zero attached hydrogens (tertiary/aromatic N) is 5. The number of aromatic nitrogens is 4. The maximum atomic E-state index is 12.7. The number of hydrazine groups is 1. The number of carbonyl (C=O) groups excluding carboxylic acids is 2. The molecule has 2 aromatic rings. The lowest BCUT2D eigenvalue weighted by Crippen LogP contribution is -2.48. The lowest BCUT2D eigenvalue weighted by atomic mass is 9.89. The molecule has 1 aliphatic heterocycles. The third kappa shape index (κ3) is 6.36. The van der Waals surface area contributed by atoms with E-state index in [1.54, 1.807) is 23.5 Å². The number of likely N-dealkylation sites (tertiary alicyclic amines) is 1. The highest BCUT2D eigenvalue weighted by Gasteiger charge is 2.29. The second-order valence-electron chi connectivity index (χ2n) is 9.12. The number of rotatable bonds is 4. The van der Waals surface area contributed by atoms with Crippen LogP contribution in [0, 0.1) is 0 Å². The fourth-order valence-corrected chi connectivity index (χ4v) is 4.60. The summed E-state index contributed by atoms with van der Waals surface area (Å²) < 4.78 is 0. The van der Waals surface area contributed by atoms with Gasteiger partial charge in [0.2, 0.25) is 5.84 Å². The average molecular weight is 529 g/mol. The van der Waals surface area contributed by atoms with Crippen molar-refractivity contribution in [2.75, 3.05) is 18.8 Å². The largest absolute Gasteiger partial charge is 0.383 e. The van der Waals surface area contributed by atoms with Crippen LogP contribution in [0.4, 0.5) is 5.82 Å². The molecule has 3 heterocycles. The molecule has 0 atom stereocenters. The predicted molar refractivity (Wildman–Crippen MR) is 150 cm³/mol. The van der Waals surface area contributed by atoms with Gasteiger partial charge in [-0.25, -0.2) is 5.84 Å². The number of pyridine rings is 1. The zero-order valence-corrected chi connectivity index (χ0v) is 21.7. The maximum Gasteiger partial charge on any atom is 0.292 e. The first-order chi connectivity index (χ1) is 18.9. The van der Waals surface area contributed by atoms with Crippen LogP contribution in [-0.4, -0.2) is 55.7 Å². The zero-order chi connectivity index (χ0) is 27.8. The summed E-state index contributed by atoms with van der Waals surface area (Å²) in [6, 6.07) is 3.90. The van der Waals surface area contributed by atoms with Crippen molar-refractivity contribution in [2.45, 2.75) is 32.1 Å². The molecule has 0 unspecified atom stereocenters. The summed E-state index contributed by atoms with van der Waals surface area (Å²) in [5.41, 5.74) is 12.7. The number of carbonyl (C=O) groups is 2. The number of allylic oxidation sites excluding steroid dienone is 6. The van der Waals surface area contributed by atoms with Gasteiger partial charge in [0.25, 0.3) is 5.91 Å². The summed E-state index contributed by atoms with van der Waals surface area (Å²) in [6.07, 6.45) is 17.2. The van der Waals surface area contributed by atoms with Crippen LogP contribution in [0.15, 0.2) is 66.2 Å². The van der Waals surface area contributed by atoms with E-state index >= 15 is 0 Å². The van der Waals surface area contributed by atoms with E-state index in [0.29, 0.717) is 37.2 Å². The number of Topliss-reactive ketones (excluding diaryl/α,β-unsaturated/α-hetero) is 1. The van der Waals surface area contributed by atoms with Gasteiger partial charge in [-0.1, -0.05) is 36.4 Å². The van der Waals surface area contributed by atoms with Gasteiger partial charge in [0.05, 0.1) is 23.1 Å². The van der Waals surface area contributed by atoms with E-state index in [2.05, 4.69) is 37.9 Å². The predicted octanol–water partition coefficient (Wildman–Crippen LogP) is 2.12. The smallest absolute Gasteiger partial charge is 0.292 e. The van der Waals surface area contributed by atoms with Crippen molar-refractivity contribution in [3.05, 3.63) is 78.1 Å². The number of hydrogen-bond donors (Lipinski definition) is 5. The second-order valence-corrected chi connectivity index (χ2v) is 9.12. The number of ketones is 1. The van der Waals surface area contributed by atoms with Crippen LogP contribution >= 0.6 is 0 Å². The number of H-pyrrole nitrogens is 1. The van der Waals surface area contributed by atoms with Gasteiger partial charge in [-0.05, 0) is 37.8 Å². The Balaban J connectivity index is 1.66. The van der Waals surface area contributed by atoms with Gasteiger partial charge in [-0.15, -0.1) is 0 Å². The fourth-order valence-electron chi connectivity index (χ4n) is 4.60. The molecule has 2 aromatic heterocycles. The fraction of sp³-hybridized carbons (Fsp3) is 0.259. The molecule has 0 spiro atoms. The Bertz CT molecular complexity index is 1400. The summed E-state index contributed by atoms with van der Waals surface area (Å²) in [7, 11) is 0. The van der Waals surface area contributed by atoms with E-state index in [1.807, 2.05) is 30.4 Å². The number of hydrazone groups is 1. The molecule has 8 N–H and O–H groups in total. The molecule has 1 saturated heterocycles. The molecule has 1 aliphatic carbocycles. The highest BCUT2D eigenvalue weighted by molar-refractivity contribution is 6.37. The molecule has 12 heteroatoms. The normalized spacial score (nSPS) is 15.8. The number of nitrogen functional groups attached to an aromatic ring is 1. The van der Waals surface area contributed by atoms with Crippen molar-refractivity contribution < 1.29 is 9.59 Å². The maximum absolute atomic E-state index is 12.7. The van der Waals surface area contributed by atoms with Crippen molar-refractivity contribution in [3.63, 3.8) is 0 Å². The Morgan fingerprint density at radius 1 is 1.10 bits per heavy atom. The third-order valence-corrected chi connectivity index (χ3v) is 6.64.